The van der Waals surface area contributed by atoms with E-state index < -0.39 is 23.9 Å². The van der Waals surface area contributed by atoms with E-state index in [2.05, 4.69) is 84.1 Å². The standard InChI is InChI=1S/C45H72N4O4/c1-44(2,3)24-22-37-27-34-16-10-11-18-36(34)30-49(37)31-42(51)40(26-32-14-8-7-9-15-32)47-29-33(23-25-46-43(52)53-45(4,5)6)20-21-39-41(50)28-35-17-12-13-19-38(35)48-39/h7-9,12-15,17,19,33-34,36-37,39-42,47-48,50-51H,10-11,16,18,20-31H2,1-6H3,(H,46,52)/t33-,34?,36?,37?,39?,40+,41?,42-/m0/s1. The van der Waals surface area contributed by atoms with E-state index in [1.165, 1.54) is 50.5 Å². The summed E-state index contributed by atoms with van der Waals surface area (Å²) in [5, 5.41) is 33.7. The summed E-state index contributed by atoms with van der Waals surface area (Å²) in [6.07, 6.45) is 11.5. The fourth-order valence-corrected chi connectivity index (χ4v) is 9.03. The number of anilines is 1. The number of nitrogens with one attached hydrogen (secondary N) is 3. The van der Waals surface area contributed by atoms with Gasteiger partial charge in [-0.2, -0.15) is 0 Å². The highest BCUT2D eigenvalue weighted by molar-refractivity contribution is 5.67. The number of aliphatic hydroxyl groups is 2. The topological polar surface area (TPSA) is 106 Å². The molecule has 1 aliphatic carbocycles. The SMILES string of the molecule is CC(C)(C)CCC1CC2CCCCC2CN1C[C@H](O)[C@@H](Cc1ccccc1)NC[C@H](CCNC(=O)OC(C)(C)C)CCC1Nc2ccccc2CC1O. The number of amides is 1. The molecule has 0 bridgehead atoms. The van der Waals surface area contributed by atoms with Crippen LogP contribution < -0.4 is 16.0 Å². The van der Waals surface area contributed by atoms with E-state index >= 15 is 0 Å². The molecule has 0 aromatic heterocycles. The van der Waals surface area contributed by atoms with E-state index in [1.54, 1.807) is 0 Å². The molecule has 2 aromatic carbocycles. The van der Waals surface area contributed by atoms with Crippen LogP contribution in [-0.2, 0) is 17.6 Å². The lowest BCUT2D eigenvalue weighted by Crippen LogP contribution is -2.55. The van der Waals surface area contributed by atoms with Gasteiger partial charge in [0.25, 0.3) is 0 Å². The third-order valence-electron chi connectivity index (χ3n) is 12.1. The largest absolute Gasteiger partial charge is 0.444 e. The first kappa shape index (κ1) is 41.5. The summed E-state index contributed by atoms with van der Waals surface area (Å²) in [6, 6.07) is 19.2. The molecule has 5 unspecified atom stereocenters. The van der Waals surface area contributed by atoms with Crippen LogP contribution in [0.3, 0.4) is 0 Å². The molecule has 5 N–H and O–H groups in total. The number of hydrogen-bond acceptors (Lipinski definition) is 7. The summed E-state index contributed by atoms with van der Waals surface area (Å²) in [5.41, 5.74) is 3.22. The molecule has 2 aliphatic heterocycles. The van der Waals surface area contributed by atoms with Gasteiger partial charge < -0.3 is 30.9 Å². The number of ether oxygens (including phenoxy) is 1. The van der Waals surface area contributed by atoms with Crippen LogP contribution in [0, 0.1) is 23.2 Å². The number of benzene rings is 2. The number of piperidine rings is 1. The predicted octanol–water partition coefficient (Wildman–Crippen LogP) is 7.96. The Kier molecular flexibility index (Phi) is 15.1. The lowest BCUT2D eigenvalue weighted by molar-refractivity contribution is -0.00804. The van der Waals surface area contributed by atoms with E-state index in [4.69, 9.17) is 4.74 Å². The highest BCUT2D eigenvalue weighted by Crippen LogP contribution is 2.40. The fraction of sp³-hybridized carbons (Fsp3) is 0.711. The maximum absolute atomic E-state index is 12.5. The molecule has 8 atom stereocenters. The normalized spacial score (nSPS) is 25.3. The summed E-state index contributed by atoms with van der Waals surface area (Å²) in [5.74, 6) is 1.81. The Balaban J connectivity index is 1.27. The van der Waals surface area contributed by atoms with Crippen LogP contribution in [-0.4, -0.2) is 83.3 Å². The van der Waals surface area contributed by atoms with E-state index in [9.17, 15) is 15.0 Å². The Bertz CT molecular complexity index is 1390. The number of aliphatic hydroxyl groups excluding tert-OH is 2. The number of β-amino-alcohol motifs (C(OH)–C–C–N with tert-alkyl or cyclic N) is 1. The number of fused-ring (bicyclic) bond motifs is 2. The van der Waals surface area contributed by atoms with Crippen molar-refractivity contribution in [3.05, 3.63) is 65.7 Å². The lowest BCUT2D eigenvalue weighted by atomic mass is 9.71. The van der Waals surface area contributed by atoms with Crippen LogP contribution in [0.4, 0.5) is 10.5 Å². The highest BCUT2D eigenvalue weighted by atomic mass is 16.6. The van der Waals surface area contributed by atoms with E-state index in [0.29, 0.717) is 37.5 Å². The van der Waals surface area contributed by atoms with Crippen molar-refractivity contribution < 1.29 is 19.7 Å². The van der Waals surface area contributed by atoms with Gasteiger partial charge in [-0.15, -0.1) is 0 Å². The van der Waals surface area contributed by atoms with Crippen LogP contribution in [0.2, 0.25) is 0 Å². The monoisotopic (exact) mass is 733 g/mol. The van der Waals surface area contributed by atoms with Crippen molar-refractivity contribution in [2.75, 3.05) is 31.5 Å². The first-order valence-corrected chi connectivity index (χ1v) is 20.9. The minimum Gasteiger partial charge on any atom is -0.444 e. The Morgan fingerprint density at radius 1 is 0.962 bits per heavy atom. The third kappa shape index (κ3) is 13.6. The van der Waals surface area contributed by atoms with Crippen LogP contribution >= 0.6 is 0 Å². The molecule has 2 fully saturated rings. The van der Waals surface area contributed by atoms with Gasteiger partial charge in [0.1, 0.15) is 5.60 Å². The molecule has 1 saturated carbocycles. The molecule has 1 saturated heterocycles. The zero-order valence-electron chi connectivity index (χ0n) is 33.8. The molecule has 0 spiro atoms. The number of nitrogens with zero attached hydrogens (tertiary/aromatic N) is 1. The molecule has 296 valence electrons. The lowest BCUT2D eigenvalue weighted by Gasteiger charge is -2.48. The maximum atomic E-state index is 12.5. The van der Waals surface area contributed by atoms with Gasteiger partial charge in [-0.05, 0) is 119 Å². The van der Waals surface area contributed by atoms with Crippen molar-refractivity contribution in [3.8, 4) is 0 Å². The van der Waals surface area contributed by atoms with Gasteiger partial charge in [0.15, 0.2) is 0 Å². The van der Waals surface area contributed by atoms with Crippen molar-refractivity contribution in [2.24, 2.45) is 23.2 Å². The Hall–Kier alpha value is -2.65. The number of carbonyl (C=O) groups is 1. The minimum atomic E-state index is -0.553. The van der Waals surface area contributed by atoms with Crippen molar-refractivity contribution >= 4 is 11.8 Å². The second kappa shape index (κ2) is 19.3. The quantitative estimate of drug-likeness (QED) is 0.119. The summed E-state index contributed by atoms with van der Waals surface area (Å²) in [7, 11) is 0. The molecule has 3 aliphatic rings. The van der Waals surface area contributed by atoms with Crippen molar-refractivity contribution in [1.82, 2.24) is 15.5 Å². The summed E-state index contributed by atoms with van der Waals surface area (Å²) in [4.78, 5) is 15.2. The number of para-hydroxylation sites is 1. The van der Waals surface area contributed by atoms with E-state index in [-0.39, 0.29) is 18.0 Å². The molecule has 2 aromatic rings. The predicted molar refractivity (Wildman–Crippen MR) is 217 cm³/mol. The van der Waals surface area contributed by atoms with Crippen molar-refractivity contribution in [2.45, 2.75) is 155 Å². The molecule has 1 amide bonds. The van der Waals surface area contributed by atoms with Crippen LogP contribution in [0.1, 0.15) is 117 Å². The first-order valence-electron chi connectivity index (χ1n) is 20.9. The first-order chi connectivity index (χ1) is 25.2. The number of alkyl carbamates (subject to hydrolysis) is 1. The minimum absolute atomic E-state index is 0.0373. The van der Waals surface area contributed by atoms with Crippen molar-refractivity contribution in [1.29, 1.82) is 0 Å². The fourth-order valence-electron chi connectivity index (χ4n) is 9.03. The molecule has 8 nitrogen and oxygen atoms in total. The van der Waals surface area contributed by atoms with Gasteiger partial charge in [-0.1, -0.05) is 88.6 Å². The average molecular weight is 733 g/mol. The molecule has 0 radical (unpaired) electrons. The smallest absolute Gasteiger partial charge is 0.407 e. The second-order valence-corrected chi connectivity index (χ2v) is 18.9. The molecule has 8 heteroatoms. The third-order valence-corrected chi connectivity index (χ3v) is 12.1. The number of likely N-dealkylation sites (tertiary alicyclic amines) is 1. The second-order valence-electron chi connectivity index (χ2n) is 18.9. The van der Waals surface area contributed by atoms with Gasteiger partial charge in [0, 0.05) is 43.8 Å². The molecule has 5 rings (SSSR count). The van der Waals surface area contributed by atoms with E-state index in [1.807, 2.05) is 32.9 Å². The zero-order valence-corrected chi connectivity index (χ0v) is 33.8. The van der Waals surface area contributed by atoms with Crippen molar-refractivity contribution in [3.63, 3.8) is 0 Å². The molecule has 53 heavy (non-hydrogen) atoms. The van der Waals surface area contributed by atoms with Gasteiger partial charge >= 0.3 is 6.09 Å². The Morgan fingerprint density at radius 2 is 1.68 bits per heavy atom. The zero-order chi connectivity index (χ0) is 38.0. The molecular formula is C45H72N4O4. The highest BCUT2D eigenvalue weighted by Gasteiger charge is 2.38. The number of hydrogen-bond donors (Lipinski definition) is 5. The Morgan fingerprint density at radius 3 is 2.42 bits per heavy atom. The van der Waals surface area contributed by atoms with Crippen LogP contribution in [0.15, 0.2) is 54.6 Å². The van der Waals surface area contributed by atoms with Gasteiger partial charge in [0.05, 0.1) is 18.2 Å². The average Bonchev–Trinajstić information content (AvgIpc) is 3.10. The van der Waals surface area contributed by atoms with Gasteiger partial charge in [-0.3, -0.25) is 4.90 Å². The van der Waals surface area contributed by atoms with Gasteiger partial charge in [-0.25, -0.2) is 4.79 Å². The number of carbonyl (C=O) groups excluding carboxylic acids is 1. The molecular weight excluding hydrogens is 661 g/mol. The van der Waals surface area contributed by atoms with E-state index in [0.717, 1.165) is 55.3 Å². The number of rotatable bonds is 16. The summed E-state index contributed by atoms with van der Waals surface area (Å²) >= 11 is 0. The van der Waals surface area contributed by atoms with Crippen LogP contribution in [0.25, 0.3) is 0 Å². The Labute approximate surface area is 321 Å². The van der Waals surface area contributed by atoms with Crippen LogP contribution in [0.5, 0.6) is 0 Å². The summed E-state index contributed by atoms with van der Waals surface area (Å²) < 4.78 is 5.52. The summed E-state index contributed by atoms with van der Waals surface area (Å²) in [6.45, 7) is 15.7. The maximum Gasteiger partial charge on any atom is 0.407 e. The van der Waals surface area contributed by atoms with Gasteiger partial charge in [0.2, 0.25) is 0 Å². The molecule has 2 heterocycles.